The van der Waals surface area contributed by atoms with Crippen molar-refractivity contribution in [3.8, 4) is 5.75 Å². The molecule has 10 heteroatoms. The van der Waals surface area contributed by atoms with Gasteiger partial charge in [-0.1, -0.05) is 32.4 Å². The average molecular weight is 428 g/mol. The molecule has 1 heterocycles. The highest BCUT2D eigenvalue weighted by Crippen LogP contribution is 2.31. The van der Waals surface area contributed by atoms with Crippen molar-refractivity contribution in [1.29, 1.82) is 0 Å². The summed E-state index contributed by atoms with van der Waals surface area (Å²) in [6.45, 7) is 4.05. The third-order valence-electron chi connectivity index (χ3n) is 4.27. The van der Waals surface area contributed by atoms with Crippen molar-refractivity contribution < 1.29 is 14.3 Å². The number of unbranched alkanes of at least 4 members (excludes halogenated alkanes) is 1. The molecule has 1 aromatic heterocycles. The largest absolute Gasteiger partial charge is 0.424 e. The van der Waals surface area contributed by atoms with Gasteiger partial charge in [-0.15, -0.1) is 10.2 Å². The summed E-state index contributed by atoms with van der Waals surface area (Å²) in [6, 6.07) is 9.25. The van der Waals surface area contributed by atoms with E-state index in [9.17, 15) is 9.59 Å². The van der Waals surface area contributed by atoms with Crippen molar-refractivity contribution in [3.63, 3.8) is 0 Å². The number of nitrogens with one attached hydrogen (secondary N) is 1. The highest BCUT2D eigenvalue weighted by atomic mass is 16.5. The van der Waals surface area contributed by atoms with E-state index in [0.717, 1.165) is 12.8 Å². The molecule has 1 atom stereocenters. The molecule has 0 saturated heterocycles. The zero-order valence-electron chi connectivity index (χ0n) is 17.7. The van der Waals surface area contributed by atoms with Gasteiger partial charge in [0.05, 0.1) is 12.0 Å². The molecular formula is C21H29N7O3. The Balaban J connectivity index is 2.07. The van der Waals surface area contributed by atoms with Crippen LogP contribution in [0, 0.1) is 5.92 Å². The fourth-order valence-electron chi connectivity index (χ4n) is 2.44. The standard InChI is InChI=1S/C21H29N7O3/c1-13(2)21(30)31-17-9-4-3-8-15(17)27-28-16-10-11-18(25-19(16)24)26-20(29)14(23)7-5-6-12-22/h3-4,8-11,13-14H,5-7,12,22-23H2,1-2H3,(H3,24,25,26,29)/b28-27+/t14-/m0/s1. The van der Waals surface area contributed by atoms with E-state index in [1.165, 1.54) is 0 Å². The van der Waals surface area contributed by atoms with E-state index in [-0.39, 0.29) is 29.4 Å². The van der Waals surface area contributed by atoms with E-state index in [0.29, 0.717) is 30.1 Å². The SMILES string of the molecule is CC(C)C(=O)Oc1ccccc1/N=N/c1ccc(NC(=O)[C@@H](N)CCCCN)nc1N. The first-order valence-electron chi connectivity index (χ1n) is 10.1. The second kappa shape index (κ2) is 11.7. The number of nitrogens with two attached hydrogens (primary N) is 3. The lowest BCUT2D eigenvalue weighted by atomic mass is 10.1. The topological polar surface area (TPSA) is 171 Å². The molecular weight excluding hydrogens is 398 g/mol. The van der Waals surface area contributed by atoms with Crippen LogP contribution in [0.5, 0.6) is 5.75 Å². The van der Waals surface area contributed by atoms with E-state index in [1.807, 2.05) is 0 Å². The molecule has 1 aromatic carbocycles. The number of aromatic nitrogens is 1. The first-order chi connectivity index (χ1) is 14.8. The number of azo groups is 1. The van der Waals surface area contributed by atoms with Crippen LogP contribution < -0.4 is 27.3 Å². The van der Waals surface area contributed by atoms with Gasteiger partial charge in [0.1, 0.15) is 17.2 Å². The molecule has 0 bridgehead atoms. The maximum Gasteiger partial charge on any atom is 0.313 e. The number of nitrogen functional groups attached to an aromatic ring is 1. The molecule has 7 N–H and O–H groups in total. The van der Waals surface area contributed by atoms with Crippen molar-refractivity contribution in [2.75, 3.05) is 17.6 Å². The van der Waals surface area contributed by atoms with Crippen LogP contribution in [0.25, 0.3) is 0 Å². The van der Waals surface area contributed by atoms with Crippen LogP contribution in [0.4, 0.5) is 23.0 Å². The number of para-hydroxylation sites is 1. The van der Waals surface area contributed by atoms with Crippen molar-refractivity contribution >= 4 is 34.9 Å². The predicted octanol–water partition coefficient (Wildman–Crippen LogP) is 3.04. The van der Waals surface area contributed by atoms with Crippen molar-refractivity contribution in [3.05, 3.63) is 36.4 Å². The maximum absolute atomic E-state index is 12.2. The summed E-state index contributed by atoms with van der Waals surface area (Å²) in [6.07, 6.45) is 2.12. The lowest BCUT2D eigenvalue weighted by Gasteiger charge is -2.12. The number of rotatable bonds is 10. The van der Waals surface area contributed by atoms with Gasteiger partial charge < -0.3 is 27.3 Å². The Kier molecular flexibility index (Phi) is 9.04. The minimum absolute atomic E-state index is 0.0786. The second-order valence-corrected chi connectivity index (χ2v) is 7.22. The number of amides is 1. The van der Waals surface area contributed by atoms with Crippen LogP contribution >= 0.6 is 0 Å². The zero-order chi connectivity index (χ0) is 22.8. The fraction of sp³-hybridized carbons (Fsp3) is 0.381. The summed E-state index contributed by atoms with van der Waals surface area (Å²) < 4.78 is 5.34. The molecule has 0 aliphatic carbocycles. The quantitative estimate of drug-likeness (QED) is 0.195. The molecule has 0 saturated carbocycles. The summed E-state index contributed by atoms with van der Waals surface area (Å²) in [5.74, 6) is -0.355. The summed E-state index contributed by atoms with van der Waals surface area (Å²) in [7, 11) is 0. The van der Waals surface area contributed by atoms with Crippen LogP contribution in [0.3, 0.4) is 0 Å². The van der Waals surface area contributed by atoms with Crippen LogP contribution in [0.15, 0.2) is 46.6 Å². The van der Waals surface area contributed by atoms with Gasteiger partial charge >= 0.3 is 5.97 Å². The van der Waals surface area contributed by atoms with Gasteiger partial charge in [0, 0.05) is 0 Å². The lowest BCUT2D eigenvalue weighted by molar-refractivity contribution is -0.137. The van der Waals surface area contributed by atoms with Gasteiger partial charge in [0.25, 0.3) is 0 Å². The van der Waals surface area contributed by atoms with Gasteiger partial charge in [-0.2, -0.15) is 0 Å². The molecule has 0 spiro atoms. The van der Waals surface area contributed by atoms with Gasteiger partial charge in [-0.3, -0.25) is 9.59 Å². The molecule has 0 fully saturated rings. The van der Waals surface area contributed by atoms with E-state index in [1.54, 1.807) is 50.2 Å². The number of pyridine rings is 1. The van der Waals surface area contributed by atoms with Gasteiger partial charge in [0.2, 0.25) is 5.91 Å². The summed E-state index contributed by atoms with van der Waals surface area (Å²) >= 11 is 0. The average Bonchev–Trinajstić information content (AvgIpc) is 2.74. The third-order valence-corrected chi connectivity index (χ3v) is 4.27. The Morgan fingerprint density at radius 3 is 2.48 bits per heavy atom. The van der Waals surface area contributed by atoms with E-state index in [2.05, 4.69) is 20.5 Å². The van der Waals surface area contributed by atoms with Crippen molar-refractivity contribution in [2.45, 2.75) is 39.2 Å². The number of nitrogens with zero attached hydrogens (tertiary/aromatic N) is 3. The first-order valence-corrected chi connectivity index (χ1v) is 10.1. The second-order valence-electron chi connectivity index (χ2n) is 7.22. The van der Waals surface area contributed by atoms with E-state index in [4.69, 9.17) is 21.9 Å². The van der Waals surface area contributed by atoms with Gasteiger partial charge in [-0.25, -0.2) is 4.98 Å². The molecule has 2 rings (SSSR count). The normalized spacial score (nSPS) is 12.2. The first kappa shape index (κ1) is 23.9. The number of hydrogen-bond donors (Lipinski definition) is 4. The third kappa shape index (κ3) is 7.43. The van der Waals surface area contributed by atoms with Crippen LogP contribution in [0.2, 0.25) is 0 Å². The molecule has 0 aliphatic rings. The number of esters is 1. The Bertz CT molecular complexity index is 931. The molecule has 10 nitrogen and oxygen atoms in total. The number of carbonyl (C=O) groups is 2. The highest BCUT2D eigenvalue weighted by Gasteiger charge is 2.15. The van der Waals surface area contributed by atoms with Crippen LogP contribution in [-0.2, 0) is 9.59 Å². The molecule has 0 aliphatic heterocycles. The van der Waals surface area contributed by atoms with E-state index >= 15 is 0 Å². The Morgan fingerprint density at radius 1 is 1.10 bits per heavy atom. The molecule has 31 heavy (non-hydrogen) atoms. The molecule has 1 amide bonds. The fourth-order valence-corrected chi connectivity index (χ4v) is 2.44. The summed E-state index contributed by atoms with van der Waals surface area (Å²) in [4.78, 5) is 28.2. The molecule has 0 radical (unpaired) electrons. The number of benzene rings is 1. The van der Waals surface area contributed by atoms with E-state index < -0.39 is 6.04 Å². The zero-order valence-corrected chi connectivity index (χ0v) is 17.7. The Labute approximate surface area is 181 Å². The number of carbonyl (C=O) groups excluding carboxylic acids is 2. The van der Waals surface area contributed by atoms with Crippen LogP contribution in [0.1, 0.15) is 33.1 Å². The van der Waals surface area contributed by atoms with Crippen molar-refractivity contribution in [1.82, 2.24) is 4.98 Å². The maximum atomic E-state index is 12.2. The predicted molar refractivity (Wildman–Crippen MR) is 119 cm³/mol. The number of ether oxygens (including phenoxy) is 1. The van der Waals surface area contributed by atoms with Gasteiger partial charge in [0.15, 0.2) is 11.6 Å². The minimum atomic E-state index is -0.654. The smallest absolute Gasteiger partial charge is 0.313 e. The minimum Gasteiger partial charge on any atom is -0.424 e. The Morgan fingerprint density at radius 2 is 1.81 bits per heavy atom. The van der Waals surface area contributed by atoms with Crippen molar-refractivity contribution in [2.24, 2.45) is 27.6 Å². The number of anilines is 2. The summed E-state index contributed by atoms with van der Waals surface area (Å²) in [5, 5.41) is 10.8. The van der Waals surface area contributed by atoms with Gasteiger partial charge in [-0.05, 0) is 43.7 Å². The molecule has 166 valence electrons. The summed E-state index contributed by atoms with van der Waals surface area (Å²) in [5.41, 5.74) is 17.9. The van der Waals surface area contributed by atoms with Crippen LogP contribution in [-0.4, -0.2) is 29.4 Å². The number of hydrogen-bond acceptors (Lipinski definition) is 9. The lowest BCUT2D eigenvalue weighted by Crippen LogP contribution is -2.35. The monoisotopic (exact) mass is 427 g/mol. The Hall–Kier alpha value is -3.37. The molecule has 2 aromatic rings. The molecule has 0 unspecified atom stereocenters. The highest BCUT2D eigenvalue weighted by molar-refractivity contribution is 5.94.